The van der Waals surface area contributed by atoms with Crippen molar-refractivity contribution in [2.75, 3.05) is 37.6 Å². The molecular formula is C16H24N2O. The van der Waals surface area contributed by atoms with Gasteiger partial charge in [-0.3, -0.25) is 4.90 Å². The highest BCUT2D eigenvalue weighted by atomic mass is 16.3. The monoisotopic (exact) mass is 260 g/mol. The van der Waals surface area contributed by atoms with E-state index < -0.39 is 0 Å². The number of benzene rings is 1. The third-order valence-electron chi connectivity index (χ3n) is 4.33. The van der Waals surface area contributed by atoms with Crippen molar-refractivity contribution in [1.29, 1.82) is 0 Å². The predicted molar refractivity (Wildman–Crippen MR) is 78.5 cm³/mol. The van der Waals surface area contributed by atoms with E-state index in [-0.39, 0.29) is 6.10 Å². The van der Waals surface area contributed by atoms with E-state index in [4.69, 9.17) is 0 Å². The minimum absolute atomic E-state index is 0.371. The van der Waals surface area contributed by atoms with Gasteiger partial charge in [0.2, 0.25) is 0 Å². The second-order valence-electron chi connectivity index (χ2n) is 6.00. The molecule has 19 heavy (non-hydrogen) atoms. The number of aliphatic hydroxyl groups excluding tert-OH is 1. The molecule has 2 aliphatic rings. The van der Waals surface area contributed by atoms with Gasteiger partial charge in [-0.25, -0.2) is 0 Å². The maximum Gasteiger partial charge on any atom is 0.0761 e. The van der Waals surface area contributed by atoms with E-state index in [1.165, 1.54) is 38.2 Å². The molecule has 1 aromatic carbocycles. The molecular weight excluding hydrogens is 236 g/mol. The average Bonchev–Trinajstić information content (AvgIpc) is 3.24. The van der Waals surface area contributed by atoms with Crippen LogP contribution < -0.4 is 4.90 Å². The van der Waals surface area contributed by atoms with Crippen LogP contribution in [0.4, 0.5) is 5.69 Å². The lowest BCUT2D eigenvalue weighted by atomic mass is 10.1. The summed E-state index contributed by atoms with van der Waals surface area (Å²) in [7, 11) is 0. The normalized spacial score (nSPS) is 22.5. The Morgan fingerprint density at radius 1 is 1.11 bits per heavy atom. The second-order valence-corrected chi connectivity index (χ2v) is 6.00. The largest absolute Gasteiger partial charge is 0.389 e. The molecule has 1 atom stereocenters. The SMILES string of the molecule is C[C@@H](O)c1ccc(N2CCN(CC3CC3)CC2)cc1. The molecule has 104 valence electrons. The lowest BCUT2D eigenvalue weighted by molar-refractivity contribution is 0.199. The summed E-state index contributed by atoms with van der Waals surface area (Å²) in [4.78, 5) is 5.06. The van der Waals surface area contributed by atoms with Crippen molar-refractivity contribution in [1.82, 2.24) is 4.90 Å². The Kier molecular flexibility index (Phi) is 3.76. The van der Waals surface area contributed by atoms with Crippen molar-refractivity contribution in [3.63, 3.8) is 0 Å². The van der Waals surface area contributed by atoms with Crippen LogP contribution >= 0.6 is 0 Å². The predicted octanol–water partition coefficient (Wildman–Crippen LogP) is 2.27. The molecule has 0 amide bonds. The number of hydrogen-bond donors (Lipinski definition) is 1. The maximum atomic E-state index is 9.53. The molecule has 2 fully saturated rings. The van der Waals surface area contributed by atoms with E-state index in [1.807, 2.05) is 19.1 Å². The molecule has 3 rings (SSSR count). The molecule has 3 nitrogen and oxygen atoms in total. The van der Waals surface area contributed by atoms with Crippen molar-refractivity contribution >= 4 is 5.69 Å². The summed E-state index contributed by atoms with van der Waals surface area (Å²) >= 11 is 0. The molecule has 1 aliphatic heterocycles. The third-order valence-corrected chi connectivity index (χ3v) is 4.33. The minimum atomic E-state index is -0.371. The van der Waals surface area contributed by atoms with Gasteiger partial charge in [0.1, 0.15) is 0 Å². The van der Waals surface area contributed by atoms with Crippen LogP contribution in [0.1, 0.15) is 31.4 Å². The Morgan fingerprint density at radius 3 is 2.26 bits per heavy atom. The van der Waals surface area contributed by atoms with Crippen LogP contribution in [0.25, 0.3) is 0 Å². The van der Waals surface area contributed by atoms with Crippen molar-refractivity contribution in [2.24, 2.45) is 5.92 Å². The van der Waals surface area contributed by atoms with Crippen molar-refractivity contribution in [3.05, 3.63) is 29.8 Å². The molecule has 1 N–H and O–H groups in total. The summed E-state index contributed by atoms with van der Waals surface area (Å²) in [5.74, 6) is 0.997. The first-order valence-electron chi connectivity index (χ1n) is 7.48. The minimum Gasteiger partial charge on any atom is -0.389 e. The van der Waals surface area contributed by atoms with Crippen LogP contribution in [-0.2, 0) is 0 Å². The van der Waals surface area contributed by atoms with Crippen LogP contribution in [0.15, 0.2) is 24.3 Å². The van der Waals surface area contributed by atoms with Crippen molar-refractivity contribution in [2.45, 2.75) is 25.9 Å². The average molecular weight is 260 g/mol. The van der Waals surface area contributed by atoms with E-state index in [0.29, 0.717) is 0 Å². The van der Waals surface area contributed by atoms with Gasteiger partial charge in [-0.15, -0.1) is 0 Å². The molecule has 3 heteroatoms. The fourth-order valence-electron chi connectivity index (χ4n) is 2.82. The summed E-state index contributed by atoms with van der Waals surface area (Å²) < 4.78 is 0. The summed E-state index contributed by atoms with van der Waals surface area (Å²) in [5.41, 5.74) is 2.28. The fourth-order valence-corrected chi connectivity index (χ4v) is 2.82. The zero-order chi connectivity index (χ0) is 13.2. The summed E-state index contributed by atoms with van der Waals surface area (Å²) in [6.45, 7) is 7.76. The Labute approximate surface area is 115 Å². The van der Waals surface area contributed by atoms with Crippen molar-refractivity contribution in [3.8, 4) is 0 Å². The van der Waals surface area contributed by atoms with Gasteiger partial charge in [0.25, 0.3) is 0 Å². The third kappa shape index (κ3) is 3.28. The van der Waals surface area contributed by atoms with Crippen molar-refractivity contribution < 1.29 is 5.11 Å². The lowest BCUT2D eigenvalue weighted by Crippen LogP contribution is -2.47. The van der Waals surface area contributed by atoms with E-state index in [0.717, 1.165) is 24.6 Å². The van der Waals surface area contributed by atoms with Crippen LogP contribution in [0, 0.1) is 5.92 Å². The molecule has 1 saturated carbocycles. The summed E-state index contributed by atoms with van der Waals surface area (Å²) in [6.07, 6.45) is 2.52. The van der Waals surface area contributed by atoms with E-state index in [1.54, 1.807) is 0 Å². The van der Waals surface area contributed by atoms with Crippen LogP contribution in [0.2, 0.25) is 0 Å². The Bertz CT molecular complexity index is 403. The highest BCUT2D eigenvalue weighted by molar-refractivity contribution is 5.48. The highest BCUT2D eigenvalue weighted by Gasteiger charge is 2.26. The van der Waals surface area contributed by atoms with Gasteiger partial charge in [0.15, 0.2) is 0 Å². The van der Waals surface area contributed by atoms with Crippen LogP contribution in [0.3, 0.4) is 0 Å². The smallest absolute Gasteiger partial charge is 0.0761 e. The fraction of sp³-hybridized carbons (Fsp3) is 0.625. The molecule has 1 aromatic rings. The topological polar surface area (TPSA) is 26.7 Å². The lowest BCUT2D eigenvalue weighted by Gasteiger charge is -2.36. The number of nitrogens with zero attached hydrogens (tertiary/aromatic N) is 2. The first kappa shape index (κ1) is 12.9. The molecule has 1 heterocycles. The molecule has 0 bridgehead atoms. The molecule has 0 radical (unpaired) electrons. The molecule has 0 unspecified atom stereocenters. The van der Waals surface area contributed by atoms with Gasteiger partial charge in [-0.05, 0) is 43.4 Å². The van der Waals surface area contributed by atoms with Gasteiger partial charge in [-0.1, -0.05) is 12.1 Å². The van der Waals surface area contributed by atoms with Crippen LogP contribution in [-0.4, -0.2) is 42.7 Å². The maximum absolute atomic E-state index is 9.53. The molecule has 1 saturated heterocycles. The Hall–Kier alpha value is -1.06. The van der Waals surface area contributed by atoms with Gasteiger partial charge in [0.05, 0.1) is 6.10 Å². The number of anilines is 1. The van der Waals surface area contributed by atoms with Gasteiger partial charge >= 0.3 is 0 Å². The van der Waals surface area contributed by atoms with Gasteiger partial charge < -0.3 is 10.0 Å². The molecule has 0 spiro atoms. The zero-order valence-corrected chi connectivity index (χ0v) is 11.8. The summed E-state index contributed by atoms with van der Waals surface area (Å²) in [6, 6.07) is 8.35. The standard InChI is InChI=1S/C16H24N2O/c1-13(19)15-4-6-16(7-5-15)18-10-8-17(9-11-18)12-14-2-3-14/h4-7,13-14,19H,2-3,8-12H2,1H3/t13-/m1/s1. The first-order valence-corrected chi connectivity index (χ1v) is 7.48. The molecule has 0 aromatic heterocycles. The van der Waals surface area contributed by atoms with Gasteiger partial charge in [0, 0.05) is 38.4 Å². The number of rotatable bonds is 4. The Balaban J connectivity index is 1.55. The Morgan fingerprint density at radius 2 is 1.74 bits per heavy atom. The number of aliphatic hydroxyl groups is 1. The highest BCUT2D eigenvalue weighted by Crippen LogP contribution is 2.30. The zero-order valence-electron chi connectivity index (χ0n) is 11.8. The number of piperazine rings is 1. The molecule has 1 aliphatic carbocycles. The van der Waals surface area contributed by atoms with Crippen LogP contribution in [0.5, 0.6) is 0 Å². The number of hydrogen-bond acceptors (Lipinski definition) is 3. The van der Waals surface area contributed by atoms with E-state index in [9.17, 15) is 5.11 Å². The first-order chi connectivity index (χ1) is 9.22. The van der Waals surface area contributed by atoms with E-state index in [2.05, 4.69) is 21.9 Å². The van der Waals surface area contributed by atoms with E-state index >= 15 is 0 Å². The summed E-state index contributed by atoms with van der Waals surface area (Å²) in [5, 5.41) is 9.53. The van der Waals surface area contributed by atoms with Gasteiger partial charge in [-0.2, -0.15) is 0 Å². The second kappa shape index (κ2) is 5.51. The quantitative estimate of drug-likeness (QED) is 0.899.